The molecule has 31 heavy (non-hydrogen) atoms. The maximum absolute atomic E-state index is 12.1. The fourth-order valence-corrected chi connectivity index (χ4v) is 3.81. The van der Waals surface area contributed by atoms with Gasteiger partial charge in [-0.05, 0) is 18.2 Å². The van der Waals surface area contributed by atoms with Gasteiger partial charge < -0.3 is 25.0 Å². The Morgan fingerprint density at radius 2 is 2.03 bits per heavy atom. The lowest BCUT2D eigenvalue weighted by atomic mass is 10.1. The van der Waals surface area contributed by atoms with E-state index in [1.807, 2.05) is 30.3 Å². The Kier molecular flexibility index (Phi) is 5.70. The second-order valence-electron chi connectivity index (χ2n) is 7.50. The molecule has 2 fully saturated rings. The van der Waals surface area contributed by atoms with E-state index in [9.17, 15) is 4.79 Å². The van der Waals surface area contributed by atoms with Gasteiger partial charge in [-0.25, -0.2) is 9.97 Å². The van der Waals surface area contributed by atoms with Gasteiger partial charge in [0.15, 0.2) is 5.82 Å². The lowest BCUT2D eigenvalue weighted by Crippen LogP contribution is -2.42. The van der Waals surface area contributed by atoms with E-state index in [4.69, 9.17) is 14.5 Å². The number of pyridine rings is 1. The second kappa shape index (κ2) is 8.93. The predicted octanol–water partition coefficient (Wildman–Crippen LogP) is 1.46. The number of rotatable bonds is 5. The van der Waals surface area contributed by atoms with Crippen molar-refractivity contribution in [2.24, 2.45) is 0 Å². The molecule has 1 aromatic carbocycles. The Bertz CT molecular complexity index is 1070. The molecule has 2 aromatic heterocycles. The number of benzene rings is 1. The summed E-state index contributed by atoms with van der Waals surface area (Å²) in [5, 5.41) is 6.72. The average molecular weight is 420 g/mol. The molecule has 1 amide bonds. The average Bonchev–Trinajstić information content (AvgIpc) is 2.83. The third-order valence-electron chi connectivity index (χ3n) is 5.42. The first-order chi connectivity index (χ1) is 15.3. The van der Waals surface area contributed by atoms with Gasteiger partial charge in [0.1, 0.15) is 12.1 Å². The number of amides is 1. The SMILES string of the molecule is O=C1COCCN1c1ccc(-c2cc3nccnc3c(NC[C@@H]3CNCCO3)n2)cc1. The first-order valence-corrected chi connectivity index (χ1v) is 10.4. The van der Waals surface area contributed by atoms with Gasteiger partial charge in [-0.3, -0.25) is 9.78 Å². The molecular formula is C22H24N6O3. The smallest absolute Gasteiger partial charge is 0.253 e. The summed E-state index contributed by atoms with van der Waals surface area (Å²) in [4.78, 5) is 27.6. The summed E-state index contributed by atoms with van der Waals surface area (Å²) in [5.74, 6) is 0.659. The molecule has 0 spiro atoms. The minimum absolute atomic E-state index is 0.0241. The quantitative estimate of drug-likeness (QED) is 0.640. The zero-order chi connectivity index (χ0) is 21.0. The molecule has 9 nitrogen and oxygen atoms in total. The number of aromatic nitrogens is 3. The highest BCUT2D eigenvalue weighted by atomic mass is 16.5. The van der Waals surface area contributed by atoms with Gasteiger partial charge in [0, 0.05) is 49.8 Å². The fourth-order valence-electron chi connectivity index (χ4n) is 3.81. The predicted molar refractivity (Wildman–Crippen MR) is 117 cm³/mol. The van der Waals surface area contributed by atoms with Gasteiger partial charge in [0.2, 0.25) is 0 Å². The van der Waals surface area contributed by atoms with Gasteiger partial charge >= 0.3 is 0 Å². The summed E-state index contributed by atoms with van der Waals surface area (Å²) < 4.78 is 11.0. The first-order valence-electron chi connectivity index (χ1n) is 10.4. The van der Waals surface area contributed by atoms with Crippen molar-refractivity contribution >= 4 is 28.4 Å². The summed E-state index contributed by atoms with van der Waals surface area (Å²) >= 11 is 0. The number of carbonyl (C=O) groups is 1. The fraction of sp³-hybridized carbons (Fsp3) is 0.364. The van der Waals surface area contributed by atoms with Crippen LogP contribution < -0.4 is 15.5 Å². The summed E-state index contributed by atoms with van der Waals surface area (Å²) in [7, 11) is 0. The van der Waals surface area contributed by atoms with Crippen LogP contribution >= 0.6 is 0 Å². The van der Waals surface area contributed by atoms with E-state index in [1.54, 1.807) is 17.3 Å². The summed E-state index contributed by atoms with van der Waals surface area (Å²) in [6.07, 6.45) is 3.43. The van der Waals surface area contributed by atoms with Crippen molar-refractivity contribution in [3.63, 3.8) is 0 Å². The van der Waals surface area contributed by atoms with Crippen LogP contribution in [-0.2, 0) is 14.3 Å². The summed E-state index contributed by atoms with van der Waals surface area (Å²) in [6, 6.07) is 9.76. The number of morpholine rings is 2. The van der Waals surface area contributed by atoms with E-state index in [2.05, 4.69) is 20.6 Å². The van der Waals surface area contributed by atoms with E-state index >= 15 is 0 Å². The number of nitrogens with zero attached hydrogens (tertiary/aromatic N) is 4. The minimum atomic E-state index is -0.0241. The van der Waals surface area contributed by atoms with E-state index in [-0.39, 0.29) is 18.6 Å². The molecule has 0 unspecified atom stereocenters. The molecule has 0 aliphatic carbocycles. The molecular weight excluding hydrogens is 396 g/mol. The van der Waals surface area contributed by atoms with Gasteiger partial charge in [-0.15, -0.1) is 0 Å². The zero-order valence-corrected chi connectivity index (χ0v) is 17.1. The number of ether oxygens (including phenoxy) is 2. The second-order valence-corrected chi connectivity index (χ2v) is 7.50. The third-order valence-corrected chi connectivity index (χ3v) is 5.42. The van der Waals surface area contributed by atoms with Crippen molar-refractivity contribution in [1.29, 1.82) is 0 Å². The van der Waals surface area contributed by atoms with E-state index in [0.29, 0.717) is 32.1 Å². The number of hydrogen-bond acceptors (Lipinski definition) is 8. The number of carbonyl (C=O) groups excluding carboxylic acids is 1. The highest BCUT2D eigenvalue weighted by Gasteiger charge is 2.20. The van der Waals surface area contributed by atoms with Crippen LogP contribution in [0.4, 0.5) is 11.5 Å². The van der Waals surface area contributed by atoms with E-state index < -0.39 is 0 Å². The first kappa shape index (κ1) is 19.8. The van der Waals surface area contributed by atoms with Crippen LogP contribution in [0.25, 0.3) is 22.3 Å². The molecule has 2 saturated heterocycles. The van der Waals surface area contributed by atoms with E-state index in [1.165, 1.54) is 0 Å². The molecule has 9 heteroatoms. The molecule has 0 radical (unpaired) electrons. The van der Waals surface area contributed by atoms with E-state index in [0.717, 1.165) is 41.1 Å². The van der Waals surface area contributed by atoms with Crippen molar-refractivity contribution in [3.05, 3.63) is 42.7 Å². The molecule has 5 rings (SSSR count). The lowest BCUT2D eigenvalue weighted by molar-refractivity contribution is -0.125. The third kappa shape index (κ3) is 4.34. The molecule has 0 bridgehead atoms. The van der Waals surface area contributed by atoms with Crippen molar-refractivity contribution in [2.45, 2.75) is 6.10 Å². The maximum Gasteiger partial charge on any atom is 0.253 e. The molecule has 2 aliphatic heterocycles. The number of fused-ring (bicyclic) bond motifs is 1. The van der Waals surface area contributed by atoms with Crippen molar-refractivity contribution in [2.75, 3.05) is 56.2 Å². The Morgan fingerprint density at radius 3 is 2.84 bits per heavy atom. The van der Waals surface area contributed by atoms with Crippen molar-refractivity contribution in [3.8, 4) is 11.3 Å². The standard InChI is InChI=1S/C22H24N6O3/c29-20-14-30-10-8-28(20)16-3-1-15(2-4-16)18-11-19-21(25-6-5-24-19)22(27-18)26-13-17-12-23-7-9-31-17/h1-6,11,17,23H,7-10,12-14H2,(H,26,27)/t17-/m0/s1. The van der Waals surface area contributed by atoms with Crippen LogP contribution in [0.5, 0.6) is 0 Å². The Labute approximate surface area is 179 Å². The van der Waals surface area contributed by atoms with Gasteiger partial charge in [-0.1, -0.05) is 12.1 Å². The number of anilines is 2. The van der Waals surface area contributed by atoms with Gasteiger partial charge in [0.25, 0.3) is 5.91 Å². The van der Waals surface area contributed by atoms with Crippen LogP contribution in [0.2, 0.25) is 0 Å². The largest absolute Gasteiger partial charge is 0.374 e. The summed E-state index contributed by atoms with van der Waals surface area (Å²) in [6.45, 7) is 4.26. The van der Waals surface area contributed by atoms with Crippen molar-refractivity contribution in [1.82, 2.24) is 20.3 Å². The Morgan fingerprint density at radius 1 is 1.16 bits per heavy atom. The normalized spacial score (nSPS) is 19.5. The van der Waals surface area contributed by atoms with Crippen LogP contribution in [-0.4, -0.2) is 73.0 Å². The maximum atomic E-state index is 12.1. The molecule has 2 N–H and O–H groups in total. The molecule has 4 heterocycles. The summed E-state index contributed by atoms with van der Waals surface area (Å²) in [5.41, 5.74) is 4.09. The molecule has 2 aliphatic rings. The van der Waals surface area contributed by atoms with Gasteiger partial charge in [-0.2, -0.15) is 0 Å². The van der Waals surface area contributed by atoms with Gasteiger partial charge in [0.05, 0.1) is 30.5 Å². The molecule has 1 atom stereocenters. The number of hydrogen-bond donors (Lipinski definition) is 2. The minimum Gasteiger partial charge on any atom is -0.374 e. The Hall–Kier alpha value is -3.14. The Balaban J connectivity index is 1.42. The topological polar surface area (TPSA) is 102 Å². The highest BCUT2D eigenvalue weighted by molar-refractivity contribution is 5.95. The van der Waals surface area contributed by atoms with Crippen LogP contribution in [0, 0.1) is 0 Å². The zero-order valence-electron chi connectivity index (χ0n) is 17.1. The molecule has 160 valence electrons. The van der Waals surface area contributed by atoms with Crippen molar-refractivity contribution < 1.29 is 14.3 Å². The van der Waals surface area contributed by atoms with Crippen LogP contribution in [0.1, 0.15) is 0 Å². The lowest BCUT2D eigenvalue weighted by Gasteiger charge is -2.27. The van der Waals surface area contributed by atoms with Crippen LogP contribution in [0.3, 0.4) is 0 Å². The number of nitrogens with one attached hydrogen (secondary N) is 2. The van der Waals surface area contributed by atoms with Crippen LogP contribution in [0.15, 0.2) is 42.7 Å². The highest BCUT2D eigenvalue weighted by Crippen LogP contribution is 2.27. The monoisotopic (exact) mass is 420 g/mol. The molecule has 0 saturated carbocycles. The molecule has 3 aromatic rings.